The van der Waals surface area contributed by atoms with Crippen molar-refractivity contribution >= 4 is 11.6 Å². The number of nitrogens with one attached hydrogen (secondary N) is 2. The number of carbonyl (C=O) groups is 1. The fourth-order valence-electron chi connectivity index (χ4n) is 2.66. The van der Waals surface area contributed by atoms with Crippen LogP contribution >= 0.6 is 0 Å². The molecule has 2 N–H and O–H groups in total. The molecule has 1 aromatic carbocycles. The lowest BCUT2D eigenvalue weighted by Crippen LogP contribution is -2.33. The molecule has 2 rings (SSSR count). The molecule has 21 heavy (non-hydrogen) atoms. The van der Waals surface area contributed by atoms with Gasteiger partial charge in [0.1, 0.15) is 0 Å². The van der Waals surface area contributed by atoms with Gasteiger partial charge in [0.15, 0.2) is 0 Å². The van der Waals surface area contributed by atoms with Crippen molar-refractivity contribution in [2.45, 2.75) is 25.7 Å². The van der Waals surface area contributed by atoms with E-state index >= 15 is 0 Å². The lowest BCUT2D eigenvalue weighted by atomic mass is 9.96. The summed E-state index contributed by atoms with van der Waals surface area (Å²) in [5.41, 5.74) is 0.462. The van der Waals surface area contributed by atoms with Gasteiger partial charge in [0.2, 0.25) is 5.91 Å². The van der Waals surface area contributed by atoms with Crippen LogP contribution < -0.4 is 10.6 Å². The smallest absolute Gasteiger partial charge is 0.273 e. The Morgan fingerprint density at radius 2 is 2.24 bits per heavy atom. The van der Waals surface area contributed by atoms with Crippen molar-refractivity contribution in [1.29, 1.82) is 0 Å². The van der Waals surface area contributed by atoms with E-state index in [1.54, 1.807) is 18.2 Å². The van der Waals surface area contributed by atoms with Gasteiger partial charge in [-0.05, 0) is 38.3 Å². The van der Waals surface area contributed by atoms with Gasteiger partial charge in [0.25, 0.3) is 5.69 Å². The van der Waals surface area contributed by atoms with Crippen molar-refractivity contribution in [3.8, 4) is 0 Å². The highest BCUT2D eigenvalue weighted by molar-refractivity contribution is 5.79. The van der Waals surface area contributed by atoms with Crippen LogP contribution in [0.3, 0.4) is 0 Å². The maximum Gasteiger partial charge on any atom is 0.273 e. The summed E-state index contributed by atoms with van der Waals surface area (Å²) < 4.78 is 0. The Balaban J connectivity index is 1.78. The van der Waals surface area contributed by atoms with Crippen molar-refractivity contribution in [2.24, 2.45) is 5.92 Å². The zero-order valence-electron chi connectivity index (χ0n) is 12.0. The molecule has 6 nitrogen and oxygen atoms in total. The number of nitro benzene ring substituents is 1. The van der Waals surface area contributed by atoms with Crippen LogP contribution in [0.5, 0.6) is 0 Å². The van der Waals surface area contributed by atoms with E-state index in [2.05, 4.69) is 10.6 Å². The van der Waals surface area contributed by atoms with E-state index in [1.165, 1.54) is 18.9 Å². The van der Waals surface area contributed by atoms with Crippen LogP contribution in [0.15, 0.2) is 24.3 Å². The first kappa shape index (κ1) is 15.4. The first-order valence-corrected chi connectivity index (χ1v) is 7.36. The van der Waals surface area contributed by atoms with Gasteiger partial charge >= 0.3 is 0 Å². The Kier molecular flexibility index (Phi) is 5.68. The van der Waals surface area contributed by atoms with Crippen LogP contribution in [-0.4, -0.2) is 30.5 Å². The van der Waals surface area contributed by atoms with Gasteiger partial charge in [-0.1, -0.05) is 18.2 Å². The van der Waals surface area contributed by atoms with Gasteiger partial charge < -0.3 is 10.6 Å². The minimum atomic E-state index is -0.448. The van der Waals surface area contributed by atoms with Crippen LogP contribution in [-0.2, 0) is 11.2 Å². The number of benzene rings is 1. The first-order valence-electron chi connectivity index (χ1n) is 7.36. The van der Waals surface area contributed by atoms with Gasteiger partial charge in [-0.25, -0.2) is 0 Å². The number of amides is 1. The standard InChI is InChI=1S/C15H21N3O3/c19-15(17-9-7-12-4-3-8-16-11-12)10-13-5-1-2-6-14(13)18(20)21/h1-2,5-6,12,16H,3-4,7-11H2,(H,17,19). The molecule has 114 valence electrons. The summed E-state index contributed by atoms with van der Waals surface area (Å²) in [7, 11) is 0. The normalized spacial score (nSPS) is 18.2. The molecule has 0 aliphatic carbocycles. The van der Waals surface area contributed by atoms with Gasteiger partial charge in [0.05, 0.1) is 11.3 Å². The lowest BCUT2D eigenvalue weighted by Gasteiger charge is -2.22. The van der Waals surface area contributed by atoms with Gasteiger partial charge in [-0.2, -0.15) is 0 Å². The molecule has 0 saturated carbocycles. The first-order chi connectivity index (χ1) is 10.2. The molecule has 1 amide bonds. The van der Waals surface area contributed by atoms with E-state index in [4.69, 9.17) is 0 Å². The van der Waals surface area contributed by atoms with E-state index in [0.29, 0.717) is 18.0 Å². The van der Waals surface area contributed by atoms with Crippen LogP contribution in [0, 0.1) is 16.0 Å². The third kappa shape index (κ3) is 4.82. The number of para-hydroxylation sites is 1. The van der Waals surface area contributed by atoms with Crippen molar-refractivity contribution in [1.82, 2.24) is 10.6 Å². The number of piperidine rings is 1. The highest BCUT2D eigenvalue weighted by Gasteiger charge is 2.16. The highest BCUT2D eigenvalue weighted by atomic mass is 16.6. The summed E-state index contributed by atoms with van der Waals surface area (Å²) >= 11 is 0. The van der Waals surface area contributed by atoms with Gasteiger partial charge in [0, 0.05) is 18.2 Å². The van der Waals surface area contributed by atoms with Crippen molar-refractivity contribution < 1.29 is 9.72 Å². The fraction of sp³-hybridized carbons (Fsp3) is 0.533. The molecular formula is C15H21N3O3. The molecule has 1 unspecified atom stereocenters. The number of carbonyl (C=O) groups excluding carboxylic acids is 1. The van der Waals surface area contributed by atoms with Crippen molar-refractivity contribution in [2.75, 3.05) is 19.6 Å². The SMILES string of the molecule is O=C(Cc1ccccc1[N+](=O)[O-])NCCC1CCCNC1. The summed E-state index contributed by atoms with van der Waals surface area (Å²) in [6, 6.07) is 6.37. The van der Waals surface area contributed by atoms with Crippen LogP contribution in [0.4, 0.5) is 5.69 Å². The molecule has 1 aliphatic heterocycles. The predicted octanol–water partition coefficient (Wildman–Crippen LogP) is 1.64. The Morgan fingerprint density at radius 3 is 2.95 bits per heavy atom. The van der Waals surface area contributed by atoms with Crippen molar-refractivity contribution in [3.05, 3.63) is 39.9 Å². The second kappa shape index (κ2) is 7.73. The highest BCUT2D eigenvalue weighted by Crippen LogP contribution is 2.18. The average Bonchev–Trinajstić information content (AvgIpc) is 2.48. The summed E-state index contributed by atoms with van der Waals surface area (Å²) in [6.07, 6.45) is 3.40. The molecule has 1 saturated heterocycles. The largest absolute Gasteiger partial charge is 0.356 e. The molecule has 1 fully saturated rings. The molecule has 0 radical (unpaired) electrons. The van der Waals surface area contributed by atoms with E-state index in [-0.39, 0.29) is 18.0 Å². The Hall–Kier alpha value is -1.95. The van der Waals surface area contributed by atoms with Crippen LogP contribution in [0.1, 0.15) is 24.8 Å². The molecule has 0 aromatic heterocycles. The molecule has 1 aromatic rings. The molecule has 6 heteroatoms. The summed E-state index contributed by atoms with van der Waals surface area (Å²) in [5.74, 6) is 0.457. The third-order valence-corrected chi connectivity index (χ3v) is 3.81. The third-order valence-electron chi connectivity index (χ3n) is 3.81. The number of nitro groups is 1. The maximum absolute atomic E-state index is 11.9. The molecule has 1 aliphatic rings. The number of hydrogen-bond donors (Lipinski definition) is 2. The number of hydrogen-bond acceptors (Lipinski definition) is 4. The second-order valence-electron chi connectivity index (χ2n) is 5.41. The van der Waals surface area contributed by atoms with Gasteiger partial charge in [-0.15, -0.1) is 0 Å². The molecule has 0 bridgehead atoms. The monoisotopic (exact) mass is 291 g/mol. The van der Waals surface area contributed by atoms with Crippen LogP contribution in [0.2, 0.25) is 0 Å². The van der Waals surface area contributed by atoms with E-state index in [9.17, 15) is 14.9 Å². The second-order valence-corrected chi connectivity index (χ2v) is 5.41. The molecule has 1 heterocycles. The van der Waals surface area contributed by atoms with Crippen molar-refractivity contribution in [3.63, 3.8) is 0 Å². The van der Waals surface area contributed by atoms with E-state index < -0.39 is 4.92 Å². The molecule has 0 spiro atoms. The quantitative estimate of drug-likeness (QED) is 0.616. The predicted molar refractivity (Wildman–Crippen MR) is 80.0 cm³/mol. The topological polar surface area (TPSA) is 84.3 Å². The summed E-state index contributed by atoms with van der Waals surface area (Å²) in [5, 5.41) is 17.1. The van der Waals surface area contributed by atoms with Crippen LogP contribution in [0.25, 0.3) is 0 Å². The minimum Gasteiger partial charge on any atom is -0.356 e. The zero-order valence-corrected chi connectivity index (χ0v) is 12.0. The molecular weight excluding hydrogens is 270 g/mol. The fourth-order valence-corrected chi connectivity index (χ4v) is 2.66. The summed E-state index contributed by atoms with van der Waals surface area (Å²) in [6.45, 7) is 2.73. The zero-order chi connectivity index (χ0) is 15.1. The minimum absolute atomic E-state index is 0.00382. The lowest BCUT2D eigenvalue weighted by molar-refractivity contribution is -0.385. The molecule has 1 atom stereocenters. The Labute approximate surface area is 124 Å². The Morgan fingerprint density at radius 1 is 1.43 bits per heavy atom. The maximum atomic E-state index is 11.9. The number of nitrogens with zero attached hydrogens (tertiary/aromatic N) is 1. The summed E-state index contributed by atoms with van der Waals surface area (Å²) in [4.78, 5) is 22.3. The Bertz CT molecular complexity index is 499. The van der Waals surface area contributed by atoms with E-state index in [1.807, 2.05) is 0 Å². The van der Waals surface area contributed by atoms with Gasteiger partial charge in [-0.3, -0.25) is 14.9 Å². The number of rotatable bonds is 6. The average molecular weight is 291 g/mol. The van der Waals surface area contributed by atoms with E-state index in [0.717, 1.165) is 19.5 Å².